The van der Waals surface area contributed by atoms with Gasteiger partial charge in [-0.05, 0) is 130 Å². The largest absolute Gasteiger partial charge is 0.264 e. The number of nitrogens with zero attached hydrogens (tertiary/aromatic N) is 6. The Morgan fingerprint density at radius 3 is 1.31 bits per heavy atom. The average Bonchev–Trinajstić information content (AvgIpc) is 3.51. The minimum Gasteiger partial charge on any atom is -0.264 e. The zero-order chi connectivity index (χ0) is 58.1. The van der Waals surface area contributed by atoms with Crippen molar-refractivity contribution in [3.05, 3.63) is 253 Å². The zero-order valence-electron chi connectivity index (χ0n) is 50.5. The predicted octanol–water partition coefficient (Wildman–Crippen LogP) is 21.4. The molecular formula is C72H90N6. The standard InChI is InChI=1S/6C10H9N.6C2H6/c1-8-2-3-10-7-11-5-4-9(10)6-8;1-8-4-5-10-9(7-8)3-2-6-11-10;1-8-4-5-9-3-2-6-11-10(9)7-8;1-8-6-9-4-2-3-5-10(9)7-11-8;1-8-6-9-4-2-3-5-10(9)11-7-8;1-8-6-7-9-4-2-3-5-10(9)11-8;6*1-2/h6*2-7H,1H3;6*1-2H3. The van der Waals surface area contributed by atoms with Gasteiger partial charge in [0.05, 0.1) is 22.1 Å². The Balaban J connectivity index is 0.000000450. The van der Waals surface area contributed by atoms with E-state index in [0.29, 0.717) is 0 Å². The summed E-state index contributed by atoms with van der Waals surface area (Å²) >= 11 is 0. The molecule has 78 heavy (non-hydrogen) atoms. The number of benzene rings is 6. The van der Waals surface area contributed by atoms with Gasteiger partial charge in [0.15, 0.2) is 0 Å². The van der Waals surface area contributed by atoms with E-state index in [2.05, 4.69) is 161 Å². The van der Waals surface area contributed by atoms with Crippen LogP contribution in [0.2, 0.25) is 0 Å². The number of fused-ring (bicyclic) bond motifs is 6. The molecule has 0 aliphatic carbocycles. The van der Waals surface area contributed by atoms with E-state index in [-0.39, 0.29) is 0 Å². The summed E-state index contributed by atoms with van der Waals surface area (Å²) in [6.45, 7) is 36.3. The van der Waals surface area contributed by atoms with Crippen LogP contribution in [0.4, 0.5) is 0 Å². The Kier molecular flexibility index (Phi) is 35.6. The second-order valence-electron chi connectivity index (χ2n) is 16.1. The summed E-state index contributed by atoms with van der Waals surface area (Å²) in [5.74, 6) is 0. The molecule has 0 N–H and O–H groups in total. The lowest BCUT2D eigenvalue weighted by atomic mass is 10.1. The quantitative estimate of drug-likeness (QED) is 0.151. The Morgan fingerprint density at radius 2 is 0.654 bits per heavy atom. The first-order chi connectivity index (χ1) is 38.2. The molecule has 12 rings (SSSR count). The molecule has 0 unspecified atom stereocenters. The fourth-order valence-corrected chi connectivity index (χ4v) is 7.12. The van der Waals surface area contributed by atoms with Gasteiger partial charge >= 0.3 is 0 Å². The summed E-state index contributed by atoms with van der Waals surface area (Å²) in [4.78, 5) is 25.4. The normalized spacial score (nSPS) is 9.15. The summed E-state index contributed by atoms with van der Waals surface area (Å²) < 4.78 is 0. The van der Waals surface area contributed by atoms with Crippen molar-refractivity contribution in [1.29, 1.82) is 0 Å². The van der Waals surface area contributed by atoms with Gasteiger partial charge in [0.25, 0.3) is 0 Å². The van der Waals surface area contributed by atoms with Crippen molar-refractivity contribution in [2.75, 3.05) is 0 Å². The monoisotopic (exact) mass is 1040 g/mol. The van der Waals surface area contributed by atoms with Crippen molar-refractivity contribution in [1.82, 2.24) is 29.9 Å². The highest BCUT2D eigenvalue weighted by Crippen LogP contribution is 2.16. The highest BCUT2D eigenvalue weighted by molar-refractivity contribution is 5.83. The predicted molar refractivity (Wildman–Crippen MR) is 347 cm³/mol. The number of aromatic nitrogens is 6. The Labute approximate surface area is 470 Å². The van der Waals surface area contributed by atoms with Crippen molar-refractivity contribution in [2.24, 2.45) is 0 Å². The molecule has 0 aliphatic rings. The smallest absolute Gasteiger partial charge is 0.0705 e. The minimum atomic E-state index is 1.07. The molecule has 6 aromatic heterocycles. The van der Waals surface area contributed by atoms with Gasteiger partial charge < -0.3 is 0 Å². The number of pyridine rings is 6. The third kappa shape index (κ3) is 24.2. The van der Waals surface area contributed by atoms with E-state index in [0.717, 1.165) is 33.5 Å². The first-order valence-electron chi connectivity index (χ1n) is 28.1. The molecule has 0 bridgehead atoms. The van der Waals surface area contributed by atoms with E-state index in [1.165, 1.54) is 65.3 Å². The Hall–Kier alpha value is -8.22. The third-order valence-electron chi connectivity index (χ3n) is 10.5. The van der Waals surface area contributed by atoms with E-state index in [4.69, 9.17) is 0 Å². The van der Waals surface area contributed by atoms with Gasteiger partial charge in [-0.2, -0.15) is 0 Å². The van der Waals surface area contributed by atoms with Gasteiger partial charge in [-0.1, -0.05) is 209 Å². The molecule has 12 aromatic rings. The van der Waals surface area contributed by atoms with Crippen LogP contribution in [0.3, 0.4) is 0 Å². The van der Waals surface area contributed by atoms with Crippen LogP contribution in [0.5, 0.6) is 0 Å². The van der Waals surface area contributed by atoms with Crippen molar-refractivity contribution in [3.63, 3.8) is 0 Å². The lowest BCUT2D eigenvalue weighted by molar-refractivity contribution is 1.22. The number of hydrogen-bond donors (Lipinski definition) is 0. The van der Waals surface area contributed by atoms with Crippen LogP contribution in [-0.2, 0) is 0 Å². The molecule has 0 saturated carbocycles. The molecule has 0 aliphatic heterocycles. The molecule has 0 atom stereocenters. The van der Waals surface area contributed by atoms with Crippen LogP contribution in [-0.4, -0.2) is 29.9 Å². The number of rotatable bonds is 0. The summed E-state index contributed by atoms with van der Waals surface area (Å²) in [6.07, 6.45) is 11.1. The van der Waals surface area contributed by atoms with Gasteiger partial charge in [-0.3, -0.25) is 29.9 Å². The molecule has 6 aromatic carbocycles. The van der Waals surface area contributed by atoms with Crippen LogP contribution in [0.25, 0.3) is 65.2 Å². The van der Waals surface area contributed by atoms with E-state index in [9.17, 15) is 0 Å². The van der Waals surface area contributed by atoms with Crippen LogP contribution in [0.1, 0.15) is 117 Å². The van der Waals surface area contributed by atoms with Gasteiger partial charge in [0.1, 0.15) is 0 Å². The summed E-state index contributed by atoms with van der Waals surface area (Å²) in [6, 6.07) is 61.9. The molecule has 6 heteroatoms. The van der Waals surface area contributed by atoms with Gasteiger partial charge in [-0.15, -0.1) is 0 Å². The van der Waals surface area contributed by atoms with Gasteiger partial charge in [0, 0.05) is 80.9 Å². The average molecular weight is 1040 g/mol. The van der Waals surface area contributed by atoms with E-state index in [1.807, 2.05) is 213 Å². The molecular weight excluding hydrogens is 949 g/mol. The van der Waals surface area contributed by atoms with E-state index < -0.39 is 0 Å². The SMILES string of the molecule is CC.CC.CC.CC.CC.CC.Cc1cc2ccccc2cn1.Cc1ccc2ccccc2n1.Cc1ccc2cccnc2c1.Cc1ccc2cnccc2c1.Cc1ccc2ncccc2c1.Cc1cnc2ccccc2c1. The Bertz CT molecular complexity index is 2880. The van der Waals surface area contributed by atoms with Crippen LogP contribution in [0.15, 0.2) is 219 Å². The summed E-state index contributed by atoms with van der Waals surface area (Å²) in [5.41, 5.74) is 11.5. The van der Waals surface area contributed by atoms with Crippen molar-refractivity contribution in [2.45, 2.75) is 125 Å². The number of para-hydroxylation sites is 2. The Morgan fingerprint density at radius 1 is 0.231 bits per heavy atom. The maximum atomic E-state index is 4.38. The topological polar surface area (TPSA) is 77.3 Å². The first-order valence-corrected chi connectivity index (χ1v) is 28.1. The summed E-state index contributed by atoms with van der Waals surface area (Å²) in [7, 11) is 0. The van der Waals surface area contributed by atoms with Crippen molar-refractivity contribution < 1.29 is 0 Å². The van der Waals surface area contributed by atoms with Crippen LogP contribution < -0.4 is 0 Å². The van der Waals surface area contributed by atoms with E-state index in [1.54, 1.807) is 0 Å². The molecule has 6 heterocycles. The second-order valence-corrected chi connectivity index (χ2v) is 16.1. The minimum absolute atomic E-state index is 1.07. The van der Waals surface area contributed by atoms with Gasteiger partial charge in [-0.25, -0.2) is 0 Å². The molecule has 0 fully saturated rings. The zero-order valence-corrected chi connectivity index (χ0v) is 50.5. The van der Waals surface area contributed by atoms with Crippen LogP contribution in [0, 0.1) is 41.5 Å². The van der Waals surface area contributed by atoms with Crippen molar-refractivity contribution >= 4 is 65.2 Å². The number of aryl methyl sites for hydroxylation is 6. The fraction of sp³-hybridized carbons (Fsp3) is 0.250. The second kappa shape index (κ2) is 41.0. The fourth-order valence-electron chi connectivity index (χ4n) is 7.12. The summed E-state index contributed by atoms with van der Waals surface area (Å²) in [5, 5.41) is 9.78. The molecule has 0 spiro atoms. The maximum absolute atomic E-state index is 4.38. The lowest BCUT2D eigenvalue weighted by Gasteiger charge is -1.96. The van der Waals surface area contributed by atoms with E-state index >= 15 is 0 Å². The molecule has 0 amide bonds. The molecule has 0 radical (unpaired) electrons. The molecule has 6 nitrogen and oxygen atoms in total. The van der Waals surface area contributed by atoms with Crippen LogP contribution >= 0.6 is 0 Å². The van der Waals surface area contributed by atoms with Gasteiger partial charge in [0.2, 0.25) is 0 Å². The maximum Gasteiger partial charge on any atom is 0.0705 e. The third-order valence-corrected chi connectivity index (χ3v) is 10.5. The highest BCUT2D eigenvalue weighted by Gasteiger charge is 1.95. The number of hydrogen-bond acceptors (Lipinski definition) is 6. The van der Waals surface area contributed by atoms with Crippen molar-refractivity contribution in [3.8, 4) is 0 Å². The first kappa shape index (κ1) is 67.8. The lowest BCUT2D eigenvalue weighted by Crippen LogP contribution is -1.80. The molecule has 408 valence electrons. The highest BCUT2D eigenvalue weighted by atomic mass is 14.7. The molecule has 0 saturated heterocycles.